The van der Waals surface area contributed by atoms with Gasteiger partial charge in [0.1, 0.15) is 57.3 Å². The second-order valence-corrected chi connectivity index (χ2v) is 41.3. The van der Waals surface area contributed by atoms with Crippen LogP contribution in [-0.2, 0) is 111 Å². The molecule has 15 aromatic heterocycles. The first-order chi connectivity index (χ1) is 62.1. The fraction of sp³-hybridized carbons (Fsp3) is 0.371. The minimum absolute atomic E-state index is 0.0189. The zero-order valence-corrected chi connectivity index (χ0v) is 77.5. The second-order valence-electron chi connectivity index (χ2n) is 33.3. The van der Waals surface area contributed by atoms with Gasteiger partial charge in [0.05, 0.1) is 108 Å². The standard InChI is InChI=1S/C23H24N4O4S.2C17H20N4O3S.2C16H18N4O3S/c1-16-3-5-18(6-4-16)32(28,29)31-15-17-14-30-12-11-27(17)22-8-7-19-20-13-24-10-9-21(20)26(2)23(19)25-22;2*1-20-15-7-8-18-10-14(15)13-5-6-16(19-17(13)20)21-9-3-4-12(11-21)24-25(2,22)23;2*1-19-14-5-7-17-9-13(14)12-3-4-15(18-16(12)19)20-8-6-11(10-20)23-24(2,21)22/h3-10,13,17H,11-12,14-15H2,1-2H3;2*5-8,10,12H,3-4,9,11H2,1-2H3;2*3-5,7,9,11H,6,8,10H2,1-2H3/t;2*12-;2*11-/m.1010/s1. The Morgan fingerprint density at radius 1 is 0.338 bits per heavy atom. The van der Waals surface area contributed by atoms with E-state index in [0.717, 1.165) is 221 Å². The molecule has 1 aromatic carbocycles. The van der Waals surface area contributed by atoms with Gasteiger partial charge in [-0.3, -0.25) is 45.8 Å². The van der Waals surface area contributed by atoms with Crippen LogP contribution in [0.15, 0.2) is 182 Å². The first-order valence-corrected chi connectivity index (χ1v) is 51.1. The molecule has 682 valence electrons. The van der Waals surface area contributed by atoms with Gasteiger partial charge in [-0.05, 0) is 149 Å². The molecule has 0 amide bonds. The highest BCUT2D eigenvalue weighted by atomic mass is 32.2. The van der Waals surface area contributed by atoms with Crippen LogP contribution in [0, 0.1) is 6.92 Å². The third-order valence-corrected chi connectivity index (χ3v) is 27.8. The van der Waals surface area contributed by atoms with E-state index in [1.807, 2.05) is 157 Å². The average Bonchev–Trinajstić information content (AvgIpc) is 1.63. The quantitative estimate of drug-likeness (QED) is 0.0764. The maximum Gasteiger partial charge on any atom is 0.297 e. The van der Waals surface area contributed by atoms with Crippen LogP contribution in [0.2, 0.25) is 0 Å². The van der Waals surface area contributed by atoms with E-state index in [9.17, 15) is 42.1 Å². The first-order valence-electron chi connectivity index (χ1n) is 42.4. The lowest BCUT2D eigenvalue weighted by atomic mass is 10.1. The topological polar surface area (TPSA) is 396 Å². The number of pyridine rings is 10. The maximum absolute atomic E-state index is 12.6. The molecule has 16 aromatic rings. The molecule has 21 rings (SSSR count). The predicted octanol–water partition coefficient (Wildman–Crippen LogP) is 10.5. The zero-order chi connectivity index (χ0) is 91.3. The van der Waals surface area contributed by atoms with Gasteiger partial charge in [0.25, 0.3) is 50.6 Å². The highest BCUT2D eigenvalue weighted by Crippen LogP contribution is 2.37. The van der Waals surface area contributed by atoms with Crippen molar-refractivity contribution in [1.29, 1.82) is 0 Å². The third kappa shape index (κ3) is 19.8. The van der Waals surface area contributed by atoms with Gasteiger partial charge in [0.2, 0.25) is 0 Å². The van der Waals surface area contributed by atoms with Crippen LogP contribution >= 0.6 is 0 Å². The summed E-state index contributed by atoms with van der Waals surface area (Å²) >= 11 is 0. The average molecular weight is 1870 g/mol. The lowest BCUT2D eigenvalue weighted by Gasteiger charge is -2.36. The molecule has 5 fully saturated rings. The van der Waals surface area contributed by atoms with Gasteiger partial charge in [-0.25, -0.2) is 24.9 Å². The van der Waals surface area contributed by atoms with Gasteiger partial charge >= 0.3 is 0 Å². The number of nitrogens with zero attached hydrogens (tertiary/aromatic N) is 20. The van der Waals surface area contributed by atoms with Crippen molar-refractivity contribution in [3.8, 4) is 0 Å². The van der Waals surface area contributed by atoms with Crippen molar-refractivity contribution >= 4 is 189 Å². The molecule has 5 saturated heterocycles. The molecule has 0 aliphatic carbocycles. The van der Waals surface area contributed by atoms with E-state index in [1.165, 1.54) is 0 Å². The molecule has 36 nitrogen and oxygen atoms in total. The minimum Gasteiger partial charge on any atom is -0.377 e. The fourth-order valence-electron chi connectivity index (χ4n) is 17.9. The predicted molar refractivity (Wildman–Crippen MR) is 502 cm³/mol. The summed E-state index contributed by atoms with van der Waals surface area (Å²) in [5.41, 5.74) is 10.8. The number of aromatic nitrogens is 15. The smallest absolute Gasteiger partial charge is 0.297 e. The lowest BCUT2D eigenvalue weighted by molar-refractivity contribution is 0.0776. The van der Waals surface area contributed by atoms with Crippen molar-refractivity contribution in [2.24, 2.45) is 35.2 Å². The van der Waals surface area contributed by atoms with Gasteiger partial charge < -0.3 is 52.1 Å². The number of fused-ring (bicyclic) bond motifs is 15. The molecule has 0 N–H and O–H groups in total. The first kappa shape index (κ1) is 90.2. The normalized spacial score (nSPS) is 18.5. The lowest BCUT2D eigenvalue weighted by Crippen LogP contribution is -2.48. The van der Waals surface area contributed by atoms with Crippen LogP contribution in [0.3, 0.4) is 0 Å². The number of morpholine rings is 1. The molecule has 0 spiro atoms. The monoisotopic (exact) mass is 1860 g/mol. The van der Waals surface area contributed by atoms with Crippen molar-refractivity contribution in [2.45, 2.75) is 80.8 Å². The number of hydrogen-bond donors (Lipinski definition) is 0. The summed E-state index contributed by atoms with van der Waals surface area (Å²) in [5, 5.41) is 10.7. The Labute approximate surface area is 752 Å². The summed E-state index contributed by atoms with van der Waals surface area (Å²) in [6, 6.07) is 36.4. The summed E-state index contributed by atoms with van der Waals surface area (Å²) in [5.74, 6) is 4.12. The van der Waals surface area contributed by atoms with Crippen LogP contribution < -0.4 is 24.5 Å². The van der Waals surface area contributed by atoms with Gasteiger partial charge in [0.15, 0.2) is 0 Å². The van der Waals surface area contributed by atoms with E-state index in [-0.39, 0.29) is 42.0 Å². The summed E-state index contributed by atoms with van der Waals surface area (Å²) in [4.78, 5) is 55.7. The number of aryl methyl sites for hydroxylation is 6. The highest BCUT2D eigenvalue weighted by Gasteiger charge is 2.34. The van der Waals surface area contributed by atoms with Gasteiger partial charge in [-0.1, -0.05) is 17.7 Å². The Morgan fingerprint density at radius 2 is 0.623 bits per heavy atom. The number of ether oxygens (including phenoxy) is 1. The number of anilines is 5. The highest BCUT2D eigenvalue weighted by molar-refractivity contribution is 7.87. The number of rotatable bonds is 17. The van der Waals surface area contributed by atoms with Crippen LogP contribution in [0.4, 0.5) is 29.1 Å². The molecule has 5 aliphatic rings. The van der Waals surface area contributed by atoms with E-state index in [2.05, 4.69) is 79.8 Å². The van der Waals surface area contributed by atoms with Gasteiger partial charge in [0, 0.05) is 210 Å². The largest absolute Gasteiger partial charge is 0.377 e. The number of benzene rings is 1. The van der Waals surface area contributed by atoms with Crippen molar-refractivity contribution in [3.63, 3.8) is 0 Å². The molecule has 5 atom stereocenters. The molecule has 20 heterocycles. The third-order valence-electron chi connectivity index (χ3n) is 24.0. The van der Waals surface area contributed by atoms with Crippen LogP contribution in [-0.4, -0.2) is 249 Å². The number of piperidine rings is 2. The van der Waals surface area contributed by atoms with Crippen molar-refractivity contribution in [3.05, 3.63) is 183 Å². The van der Waals surface area contributed by atoms with Crippen molar-refractivity contribution in [2.75, 3.05) is 128 Å². The number of hydrogen-bond acceptors (Lipinski definition) is 31. The van der Waals surface area contributed by atoms with E-state index in [0.29, 0.717) is 58.8 Å². The summed E-state index contributed by atoms with van der Waals surface area (Å²) in [6.45, 7) is 8.63. The molecule has 0 saturated carbocycles. The van der Waals surface area contributed by atoms with Crippen molar-refractivity contribution in [1.82, 2.24) is 72.7 Å². The van der Waals surface area contributed by atoms with Crippen molar-refractivity contribution < 1.29 is 67.7 Å². The molecule has 0 radical (unpaired) electrons. The van der Waals surface area contributed by atoms with E-state index < -0.39 is 50.6 Å². The fourth-order valence-corrected chi connectivity index (χ4v) is 21.4. The summed E-state index contributed by atoms with van der Waals surface area (Å²) in [6.07, 6.45) is 25.8. The minimum atomic E-state index is -3.85. The van der Waals surface area contributed by atoms with Gasteiger partial charge in [-0.15, -0.1) is 0 Å². The molecule has 1 unspecified atom stereocenters. The zero-order valence-electron chi connectivity index (χ0n) is 73.4. The van der Waals surface area contributed by atoms with Crippen LogP contribution in [0.5, 0.6) is 0 Å². The van der Waals surface area contributed by atoms with E-state index in [4.69, 9.17) is 50.6 Å². The maximum atomic E-state index is 12.6. The summed E-state index contributed by atoms with van der Waals surface area (Å²) in [7, 11) is -7.66. The van der Waals surface area contributed by atoms with Crippen LogP contribution in [0.25, 0.3) is 110 Å². The Balaban J connectivity index is 0.000000114. The Kier molecular flexibility index (Phi) is 25.6. The van der Waals surface area contributed by atoms with Crippen LogP contribution in [0.1, 0.15) is 44.1 Å². The SMILES string of the molecule is Cc1ccc(S(=O)(=O)OCC2COCCN2c2ccc3c4cnccc4n(C)c3n2)cc1.Cn1c2ccncc2c2ccc(N3CCC[C@@H](OS(C)(=O)=O)C3)nc21.Cn1c2ccncc2c2ccc(N3CCC[C@H](OS(C)(=O)=O)C3)nc21.Cn1c2ccncc2c2ccc(N3CC[C@@H](OS(C)(=O)=O)C3)nc21.Cn1c2ccncc2c2ccc(N3CC[C@H](OS(C)(=O)=O)C3)nc21. The van der Waals surface area contributed by atoms with E-state index in [1.54, 1.807) is 55.2 Å². The molecule has 0 bridgehead atoms. The Morgan fingerprint density at radius 3 is 0.931 bits per heavy atom. The Bertz CT molecular complexity index is 7250. The van der Waals surface area contributed by atoms with Gasteiger partial charge in [-0.2, -0.15) is 42.1 Å². The molecular formula is C89H100N20O16S5. The summed E-state index contributed by atoms with van der Waals surface area (Å²) < 4.78 is 158. The molecule has 41 heteroatoms. The molecular weight excluding hydrogens is 1770 g/mol. The Hall–Kier alpha value is -11.8. The molecule has 5 aliphatic heterocycles. The van der Waals surface area contributed by atoms with E-state index >= 15 is 0 Å². The molecule has 130 heavy (non-hydrogen) atoms. The second kappa shape index (κ2) is 36.9.